The van der Waals surface area contributed by atoms with E-state index >= 15 is 0 Å². The Morgan fingerprint density at radius 1 is 1.17 bits per heavy atom. The van der Waals surface area contributed by atoms with Crippen LogP contribution in [-0.4, -0.2) is 6.29 Å². The van der Waals surface area contributed by atoms with Crippen LogP contribution in [0.1, 0.15) is 22.8 Å². The zero-order chi connectivity index (χ0) is 12.5. The van der Waals surface area contributed by atoms with Gasteiger partial charge < -0.3 is 5.32 Å². The molecule has 0 unspecified atom stereocenters. The van der Waals surface area contributed by atoms with Crippen LogP contribution in [0.2, 0.25) is 0 Å². The minimum Gasteiger partial charge on any atom is -0.353 e. The summed E-state index contributed by atoms with van der Waals surface area (Å²) < 4.78 is 0. The summed E-state index contributed by atoms with van der Waals surface area (Å²) in [6.07, 6.45) is 1.79. The Kier molecular flexibility index (Phi) is 2.84. The molecular formula is C15H13NOS. The van der Waals surface area contributed by atoms with Gasteiger partial charge in [-0.05, 0) is 30.2 Å². The lowest BCUT2D eigenvalue weighted by atomic mass is 10.0. The topological polar surface area (TPSA) is 29.1 Å². The maximum atomic E-state index is 11.1. The molecule has 0 bridgehead atoms. The Bertz CT molecular complexity index is 622. The van der Waals surface area contributed by atoms with Crippen LogP contribution in [0.3, 0.4) is 0 Å². The first-order valence-electron chi connectivity index (χ1n) is 5.98. The van der Waals surface area contributed by atoms with Crippen molar-refractivity contribution in [3.8, 4) is 0 Å². The average Bonchev–Trinajstić information content (AvgIpc) is 2.43. The summed E-state index contributed by atoms with van der Waals surface area (Å²) in [7, 11) is 0. The third-order valence-corrected chi connectivity index (χ3v) is 4.29. The van der Waals surface area contributed by atoms with Crippen molar-refractivity contribution < 1.29 is 4.79 Å². The normalized spacial score (nSPS) is 12.3. The van der Waals surface area contributed by atoms with Gasteiger partial charge in [-0.15, -0.1) is 0 Å². The molecule has 1 aliphatic rings. The van der Waals surface area contributed by atoms with E-state index in [0.717, 1.165) is 35.2 Å². The van der Waals surface area contributed by atoms with E-state index in [1.165, 1.54) is 9.79 Å². The number of rotatable bonds is 2. The molecule has 3 rings (SSSR count). The van der Waals surface area contributed by atoms with Crippen LogP contribution in [-0.2, 0) is 6.42 Å². The Hall–Kier alpha value is -1.74. The molecule has 0 aliphatic carbocycles. The molecule has 0 aromatic heterocycles. The van der Waals surface area contributed by atoms with E-state index in [-0.39, 0.29) is 0 Å². The lowest BCUT2D eigenvalue weighted by Gasteiger charge is -2.23. The fraction of sp³-hybridized carbons (Fsp3) is 0.133. The zero-order valence-electron chi connectivity index (χ0n) is 10.1. The monoisotopic (exact) mass is 255 g/mol. The highest BCUT2D eigenvalue weighted by atomic mass is 32.2. The Morgan fingerprint density at radius 3 is 2.78 bits per heavy atom. The van der Waals surface area contributed by atoms with Crippen LogP contribution in [0.25, 0.3) is 0 Å². The van der Waals surface area contributed by atoms with Crippen LogP contribution >= 0.6 is 11.8 Å². The average molecular weight is 255 g/mol. The molecule has 0 atom stereocenters. The van der Waals surface area contributed by atoms with Crippen molar-refractivity contribution in [3.63, 3.8) is 0 Å². The third kappa shape index (κ3) is 1.71. The van der Waals surface area contributed by atoms with Gasteiger partial charge in [0.2, 0.25) is 0 Å². The van der Waals surface area contributed by atoms with Crippen molar-refractivity contribution >= 4 is 29.4 Å². The van der Waals surface area contributed by atoms with E-state index < -0.39 is 0 Å². The summed E-state index contributed by atoms with van der Waals surface area (Å²) in [5, 5.41) is 3.46. The molecule has 1 heterocycles. The summed E-state index contributed by atoms with van der Waals surface area (Å²) in [6.45, 7) is 2.08. The Morgan fingerprint density at radius 2 is 2.00 bits per heavy atom. The number of aldehydes is 1. The molecule has 0 spiro atoms. The van der Waals surface area contributed by atoms with Gasteiger partial charge >= 0.3 is 0 Å². The first-order chi connectivity index (χ1) is 8.83. The molecule has 2 aromatic carbocycles. The highest BCUT2D eigenvalue weighted by Gasteiger charge is 2.19. The molecule has 2 aromatic rings. The van der Waals surface area contributed by atoms with Crippen molar-refractivity contribution in [2.45, 2.75) is 23.1 Å². The van der Waals surface area contributed by atoms with Gasteiger partial charge in [-0.25, -0.2) is 0 Å². The van der Waals surface area contributed by atoms with Gasteiger partial charge in [0.05, 0.1) is 11.4 Å². The van der Waals surface area contributed by atoms with E-state index in [4.69, 9.17) is 0 Å². The van der Waals surface area contributed by atoms with Crippen LogP contribution in [0.5, 0.6) is 0 Å². The molecule has 90 valence electrons. The van der Waals surface area contributed by atoms with Gasteiger partial charge in [-0.1, -0.05) is 36.9 Å². The van der Waals surface area contributed by atoms with Crippen molar-refractivity contribution in [1.82, 2.24) is 0 Å². The van der Waals surface area contributed by atoms with Gasteiger partial charge in [0.15, 0.2) is 0 Å². The fourth-order valence-corrected chi connectivity index (χ4v) is 3.29. The number of hydrogen-bond acceptors (Lipinski definition) is 3. The number of para-hydroxylation sites is 1. The Labute approximate surface area is 110 Å². The summed E-state index contributed by atoms with van der Waals surface area (Å²) in [5.74, 6) is 0. The van der Waals surface area contributed by atoms with Crippen LogP contribution in [0, 0.1) is 0 Å². The predicted octanol–water partition coefficient (Wildman–Crippen LogP) is 4.27. The van der Waals surface area contributed by atoms with Gasteiger partial charge in [-0.2, -0.15) is 0 Å². The van der Waals surface area contributed by atoms with Crippen molar-refractivity contribution in [2.75, 3.05) is 5.32 Å². The number of hydrogen-bond donors (Lipinski definition) is 1. The van der Waals surface area contributed by atoms with Gasteiger partial charge in [0, 0.05) is 15.4 Å². The number of nitrogens with one attached hydrogen (secondary N) is 1. The number of carbonyl (C=O) groups is 1. The second kappa shape index (κ2) is 4.50. The highest BCUT2D eigenvalue weighted by Crippen LogP contribution is 2.45. The summed E-state index contributed by atoms with van der Waals surface area (Å²) in [6, 6.07) is 12.2. The third-order valence-electron chi connectivity index (χ3n) is 3.16. The number of benzene rings is 2. The van der Waals surface area contributed by atoms with E-state index in [1.54, 1.807) is 11.8 Å². The summed E-state index contributed by atoms with van der Waals surface area (Å²) in [5.41, 5.74) is 4.09. The predicted molar refractivity (Wildman–Crippen MR) is 75.1 cm³/mol. The largest absolute Gasteiger partial charge is 0.353 e. The molecule has 0 saturated carbocycles. The molecule has 2 nitrogen and oxygen atoms in total. The first-order valence-corrected chi connectivity index (χ1v) is 6.80. The van der Waals surface area contributed by atoms with Crippen LogP contribution in [0.15, 0.2) is 46.2 Å². The number of fused-ring (bicyclic) bond motifs is 2. The van der Waals surface area contributed by atoms with E-state index in [0.29, 0.717) is 0 Å². The van der Waals surface area contributed by atoms with Crippen molar-refractivity contribution in [3.05, 3.63) is 47.5 Å². The lowest BCUT2D eigenvalue weighted by Crippen LogP contribution is -2.05. The van der Waals surface area contributed by atoms with Crippen molar-refractivity contribution in [1.29, 1.82) is 0 Å². The number of carbonyl (C=O) groups excluding carboxylic acids is 1. The highest BCUT2D eigenvalue weighted by molar-refractivity contribution is 7.99. The SMILES string of the molecule is CCc1c(C=O)ccc2c1Nc1ccccc1S2. The van der Waals surface area contributed by atoms with Crippen LogP contribution in [0.4, 0.5) is 11.4 Å². The van der Waals surface area contributed by atoms with E-state index in [2.05, 4.69) is 24.4 Å². The van der Waals surface area contributed by atoms with E-state index in [9.17, 15) is 4.79 Å². The first kappa shape index (κ1) is 11.4. The summed E-state index contributed by atoms with van der Waals surface area (Å²) in [4.78, 5) is 13.5. The quantitative estimate of drug-likeness (QED) is 0.693. The minimum atomic E-state index is 0.781. The molecule has 0 amide bonds. The zero-order valence-corrected chi connectivity index (χ0v) is 10.9. The molecule has 1 N–H and O–H groups in total. The number of anilines is 2. The molecular weight excluding hydrogens is 242 g/mol. The lowest BCUT2D eigenvalue weighted by molar-refractivity contribution is 0.112. The van der Waals surface area contributed by atoms with Crippen LogP contribution < -0.4 is 5.32 Å². The minimum absolute atomic E-state index is 0.781. The summed E-state index contributed by atoms with van der Waals surface area (Å²) >= 11 is 1.75. The maximum absolute atomic E-state index is 11.1. The molecule has 3 heteroatoms. The molecule has 1 aliphatic heterocycles. The van der Waals surface area contributed by atoms with Gasteiger partial charge in [0.1, 0.15) is 6.29 Å². The fourth-order valence-electron chi connectivity index (χ4n) is 2.27. The van der Waals surface area contributed by atoms with Crippen molar-refractivity contribution in [2.24, 2.45) is 0 Å². The maximum Gasteiger partial charge on any atom is 0.150 e. The molecule has 0 saturated heterocycles. The Balaban J connectivity index is 2.15. The molecule has 18 heavy (non-hydrogen) atoms. The van der Waals surface area contributed by atoms with Gasteiger partial charge in [-0.3, -0.25) is 4.79 Å². The molecule has 0 fully saturated rings. The standard InChI is InChI=1S/C15H13NOS/c1-2-11-10(9-17)7-8-14-15(11)16-12-5-3-4-6-13(12)18-14/h3-9,16H,2H2,1H3. The smallest absolute Gasteiger partial charge is 0.150 e. The molecule has 0 radical (unpaired) electrons. The van der Waals surface area contributed by atoms with E-state index in [1.807, 2.05) is 24.3 Å². The van der Waals surface area contributed by atoms with Gasteiger partial charge in [0.25, 0.3) is 0 Å². The second-order valence-corrected chi connectivity index (χ2v) is 5.28. The second-order valence-electron chi connectivity index (χ2n) is 4.20.